The van der Waals surface area contributed by atoms with E-state index in [9.17, 15) is 4.39 Å². The average molecular weight is 385 g/mol. The minimum absolute atomic E-state index is 0.226. The lowest BCUT2D eigenvalue weighted by molar-refractivity contribution is 0.625. The van der Waals surface area contributed by atoms with Crippen LogP contribution in [-0.2, 0) is 6.54 Å². The number of hydrogen-bond donors (Lipinski definition) is 0. The number of benzene rings is 4. The quantitative estimate of drug-likeness (QED) is 0.402. The van der Waals surface area contributed by atoms with E-state index in [-0.39, 0.29) is 5.82 Å². The highest BCUT2D eigenvalue weighted by Crippen LogP contribution is 2.46. The van der Waals surface area contributed by atoms with Gasteiger partial charge in [-0.1, -0.05) is 103 Å². The van der Waals surface area contributed by atoms with Crippen LogP contribution in [-0.4, -0.2) is 0 Å². The van der Waals surface area contributed by atoms with Crippen molar-refractivity contribution < 1.29 is 4.39 Å². The van der Waals surface area contributed by atoms with Crippen LogP contribution in [0, 0.1) is 5.82 Å². The van der Waals surface area contributed by atoms with Crippen LogP contribution in [0.1, 0.15) is 5.56 Å². The smallest absolute Gasteiger partial charge is 0.123 e. The first kappa shape index (κ1) is 18.4. The van der Waals surface area contributed by atoms with E-state index in [1.54, 1.807) is 12.1 Å². The molecule has 0 aliphatic rings. The van der Waals surface area contributed by atoms with Crippen molar-refractivity contribution in [2.45, 2.75) is 6.54 Å². The minimum Gasteiger partial charge on any atom is -0.285 e. The van der Waals surface area contributed by atoms with Gasteiger partial charge in [0.05, 0.1) is 13.6 Å². The molecule has 0 saturated carbocycles. The summed E-state index contributed by atoms with van der Waals surface area (Å²) in [6, 6.07) is 38.1. The van der Waals surface area contributed by atoms with Gasteiger partial charge in [-0.25, -0.2) is 4.39 Å². The Labute approximate surface area is 165 Å². The summed E-state index contributed by atoms with van der Waals surface area (Å²) in [7, 11) is -2.23. The fourth-order valence-electron chi connectivity index (χ4n) is 3.45. The van der Waals surface area contributed by atoms with Gasteiger partial charge in [0.15, 0.2) is 0 Å². The molecule has 4 aromatic rings. The molecule has 0 N–H and O–H groups in total. The molecule has 0 saturated heterocycles. The maximum Gasteiger partial charge on any atom is 0.123 e. The standard InChI is InChI=1S/C25H21FNP/c26-22-12-10-11-21(19-22)20-27-28(23-13-4-1-5-14-23,24-15-6-2-7-16-24)25-17-8-3-9-18-25/h1-19H,20H2. The lowest BCUT2D eigenvalue weighted by Gasteiger charge is -2.27. The topological polar surface area (TPSA) is 12.4 Å². The van der Waals surface area contributed by atoms with Crippen molar-refractivity contribution in [2.24, 2.45) is 4.74 Å². The van der Waals surface area contributed by atoms with Gasteiger partial charge in [0.2, 0.25) is 0 Å². The summed E-state index contributed by atoms with van der Waals surface area (Å²) in [5.41, 5.74) is 0.882. The van der Waals surface area contributed by atoms with E-state index in [1.165, 1.54) is 22.0 Å². The Morgan fingerprint density at radius 1 is 0.571 bits per heavy atom. The van der Waals surface area contributed by atoms with Gasteiger partial charge in [0.25, 0.3) is 0 Å². The molecule has 0 spiro atoms. The number of hydrogen-bond acceptors (Lipinski definition) is 1. The Bertz CT molecular complexity index is 990. The molecule has 1 nitrogen and oxygen atoms in total. The van der Waals surface area contributed by atoms with Gasteiger partial charge in [-0.3, -0.25) is 4.74 Å². The second-order valence-corrected chi connectivity index (χ2v) is 9.67. The molecule has 4 aromatic carbocycles. The lowest BCUT2D eigenvalue weighted by atomic mass is 10.2. The van der Waals surface area contributed by atoms with E-state index >= 15 is 0 Å². The zero-order chi connectivity index (χ0) is 19.2. The Hall–Kier alpha value is -2.96. The summed E-state index contributed by atoms with van der Waals surface area (Å²) in [6.45, 7) is 0.463. The number of rotatable bonds is 5. The number of halogens is 1. The fourth-order valence-corrected chi connectivity index (χ4v) is 7.02. The van der Waals surface area contributed by atoms with E-state index in [0.717, 1.165) is 5.56 Å². The zero-order valence-corrected chi connectivity index (χ0v) is 16.3. The van der Waals surface area contributed by atoms with Crippen molar-refractivity contribution in [3.8, 4) is 0 Å². The fraction of sp³-hybridized carbons (Fsp3) is 0.0400. The summed E-state index contributed by atoms with van der Waals surface area (Å²) in [6.07, 6.45) is 0. The molecule has 4 rings (SSSR count). The molecule has 0 bridgehead atoms. The van der Waals surface area contributed by atoms with Crippen LogP contribution >= 0.6 is 7.05 Å². The van der Waals surface area contributed by atoms with E-state index in [4.69, 9.17) is 4.74 Å². The first-order chi connectivity index (χ1) is 13.8. The van der Waals surface area contributed by atoms with Crippen LogP contribution in [0.25, 0.3) is 0 Å². The van der Waals surface area contributed by atoms with E-state index in [2.05, 4.69) is 72.8 Å². The van der Waals surface area contributed by atoms with Crippen molar-refractivity contribution in [3.63, 3.8) is 0 Å². The average Bonchev–Trinajstić information content (AvgIpc) is 2.77. The molecule has 0 atom stereocenters. The highest BCUT2D eigenvalue weighted by molar-refractivity contribution is 7.87. The molecule has 0 radical (unpaired) electrons. The van der Waals surface area contributed by atoms with Gasteiger partial charge in [0, 0.05) is 15.9 Å². The number of nitrogens with zero attached hydrogens (tertiary/aromatic N) is 1. The molecule has 28 heavy (non-hydrogen) atoms. The Morgan fingerprint density at radius 2 is 1.04 bits per heavy atom. The maximum absolute atomic E-state index is 13.7. The zero-order valence-electron chi connectivity index (χ0n) is 15.4. The highest BCUT2D eigenvalue weighted by Gasteiger charge is 2.26. The third-order valence-electron chi connectivity index (χ3n) is 4.74. The van der Waals surface area contributed by atoms with Crippen molar-refractivity contribution in [3.05, 3.63) is 127 Å². The Balaban J connectivity index is 1.99. The summed E-state index contributed by atoms with van der Waals surface area (Å²) in [4.78, 5) is 0. The van der Waals surface area contributed by atoms with Gasteiger partial charge in [-0.15, -0.1) is 0 Å². The van der Waals surface area contributed by atoms with Gasteiger partial charge >= 0.3 is 0 Å². The summed E-state index contributed by atoms with van der Waals surface area (Å²) < 4.78 is 19.0. The molecule has 138 valence electrons. The third kappa shape index (κ3) is 3.69. The lowest BCUT2D eigenvalue weighted by Crippen LogP contribution is -2.25. The largest absolute Gasteiger partial charge is 0.285 e. The van der Waals surface area contributed by atoms with E-state index in [1.807, 2.05) is 24.3 Å². The predicted molar refractivity (Wildman–Crippen MR) is 118 cm³/mol. The van der Waals surface area contributed by atoms with Crippen LogP contribution in [0.15, 0.2) is 120 Å². The summed E-state index contributed by atoms with van der Waals surface area (Å²) >= 11 is 0. The first-order valence-electron chi connectivity index (χ1n) is 9.28. The van der Waals surface area contributed by atoms with E-state index in [0.29, 0.717) is 6.54 Å². The minimum atomic E-state index is -2.23. The third-order valence-corrected chi connectivity index (χ3v) is 8.45. The molecule has 0 fully saturated rings. The van der Waals surface area contributed by atoms with Gasteiger partial charge in [-0.05, 0) is 17.7 Å². The molecule has 0 aliphatic carbocycles. The molecule has 0 unspecified atom stereocenters. The molecular formula is C25H21FNP. The van der Waals surface area contributed by atoms with Crippen LogP contribution in [0.4, 0.5) is 4.39 Å². The van der Waals surface area contributed by atoms with Crippen molar-refractivity contribution >= 4 is 23.0 Å². The molecule has 0 heterocycles. The molecular weight excluding hydrogens is 364 g/mol. The monoisotopic (exact) mass is 385 g/mol. The van der Waals surface area contributed by atoms with Crippen LogP contribution in [0.5, 0.6) is 0 Å². The van der Waals surface area contributed by atoms with Crippen molar-refractivity contribution in [1.29, 1.82) is 0 Å². The molecule has 0 amide bonds. The van der Waals surface area contributed by atoms with Crippen LogP contribution in [0.3, 0.4) is 0 Å². The Kier molecular flexibility index (Phi) is 5.50. The molecule has 0 aromatic heterocycles. The summed E-state index contributed by atoms with van der Waals surface area (Å²) in [5, 5.41) is 3.59. The normalized spacial score (nSPS) is 11.2. The first-order valence-corrected chi connectivity index (χ1v) is 11.0. The SMILES string of the molecule is Fc1cccc(CN=P(c2ccccc2)(c2ccccc2)c2ccccc2)c1. The second kappa shape index (κ2) is 8.37. The second-order valence-electron chi connectivity index (χ2n) is 6.57. The van der Waals surface area contributed by atoms with Gasteiger partial charge < -0.3 is 0 Å². The van der Waals surface area contributed by atoms with Crippen LogP contribution < -0.4 is 15.9 Å². The maximum atomic E-state index is 13.7. The van der Waals surface area contributed by atoms with Crippen LogP contribution in [0.2, 0.25) is 0 Å². The highest BCUT2D eigenvalue weighted by atomic mass is 31.2. The molecule has 3 heteroatoms. The van der Waals surface area contributed by atoms with Gasteiger partial charge in [0.1, 0.15) is 5.82 Å². The predicted octanol–water partition coefficient (Wildman–Crippen LogP) is 5.50. The van der Waals surface area contributed by atoms with E-state index < -0.39 is 7.05 Å². The molecule has 0 aliphatic heterocycles. The summed E-state index contributed by atoms with van der Waals surface area (Å²) in [5.74, 6) is -0.226. The van der Waals surface area contributed by atoms with Gasteiger partial charge in [-0.2, -0.15) is 0 Å². The van der Waals surface area contributed by atoms with Crippen molar-refractivity contribution in [2.75, 3.05) is 0 Å². The Morgan fingerprint density at radius 3 is 1.46 bits per heavy atom. The van der Waals surface area contributed by atoms with Crippen molar-refractivity contribution in [1.82, 2.24) is 0 Å².